The summed E-state index contributed by atoms with van der Waals surface area (Å²) in [5.41, 5.74) is 0. The standard InChI is InChI=1S/C13H18N2O4S/c1-14-4-6-15(7-5-14)20(16,17)11-2-3-12-13(10-11)19-9-8-18-12/h2-3,10H,4-9H2,1H3. The zero-order chi connectivity index (χ0) is 14.2. The van der Waals surface area contributed by atoms with Gasteiger partial charge in [0.05, 0.1) is 4.90 Å². The van der Waals surface area contributed by atoms with E-state index in [1.807, 2.05) is 7.05 Å². The van der Waals surface area contributed by atoms with Crippen molar-refractivity contribution in [1.29, 1.82) is 0 Å². The molecule has 3 rings (SSSR count). The lowest BCUT2D eigenvalue weighted by Crippen LogP contribution is -2.47. The van der Waals surface area contributed by atoms with Gasteiger partial charge in [-0.2, -0.15) is 4.31 Å². The molecule has 2 aliphatic heterocycles. The van der Waals surface area contributed by atoms with E-state index in [1.165, 1.54) is 4.31 Å². The van der Waals surface area contributed by atoms with Crippen LogP contribution in [0.2, 0.25) is 0 Å². The number of ether oxygens (including phenoxy) is 2. The van der Waals surface area contributed by atoms with Crippen molar-refractivity contribution in [2.24, 2.45) is 0 Å². The average molecular weight is 298 g/mol. The molecule has 0 aliphatic carbocycles. The van der Waals surface area contributed by atoms with Gasteiger partial charge < -0.3 is 14.4 Å². The van der Waals surface area contributed by atoms with Gasteiger partial charge >= 0.3 is 0 Å². The second-order valence-electron chi connectivity index (χ2n) is 5.01. The molecule has 0 N–H and O–H groups in total. The van der Waals surface area contributed by atoms with Crippen LogP contribution < -0.4 is 9.47 Å². The third-order valence-corrected chi connectivity index (χ3v) is 5.51. The molecule has 110 valence electrons. The Morgan fingerprint density at radius 1 is 1.00 bits per heavy atom. The Labute approximate surface area is 118 Å². The molecule has 0 bridgehead atoms. The molecule has 6 nitrogen and oxygen atoms in total. The van der Waals surface area contributed by atoms with Gasteiger partial charge in [0.1, 0.15) is 13.2 Å². The van der Waals surface area contributed by atoms with Gasteiger partial charge in [0.2, 0.25) is 10.0 Å². The highest BCUT2D eigenvalue weighted by molar-refractivity contribution is 7.89. The molecule has 0 aromatic heterocycles. The first-order valence-corrected chi connectivity index (χ1v) is 8.10. The number of sulfonamides is 1. The first kappa shape index (κ1) is 13.7. The molecule has 0 unspecified atom stereocenters. The molecule has 0 radical (unpaired) electrons. The van der Waals surface area contributed by atoms with Gasteiger partial charge in [-0.25, -0.2) is 8.42 Å². The highest BCUT2D eigenvalue weighted by atomic mass is 32.2. The van der Waals surface area contributed by atoms with E-state index >= 15 is 0 Å². The molecule has 2 heterocycles. The van der Waals surface area contributed by atoms with Crippen LogP contribution in [-0.4, -0.2) is 64.1 Å². The second-order valence-corrected chi connectivity index (χ2v) is 6.95. The number of rotatable bonds is 2. The Morgan fingerprint density at radius 3 is 2.35 bits per heavy atom. The molecule has 0 atom stereocenters. The van der Waals surface area contributed by atoms with E-state index in [4.69, 9.17) is 9.47 Å². The van der Waals surface area contributed by atoms with Crippen LogP contribution in [0, 0.1) is 0 Å². The van der Waals surface area contributed by atoms with Crippen molar-refractivity contribution in [3.05, 3.63) is 18.2 Å². The number of piperazine rings is 1. The number of hydrogen-bond acceptors (Lipinski definition) is 5. The lowest BCUT2D eigenvalue weighted by molar-refractivity contribution is 0.171. The zero-order valence-corrected chi connectivity index (χ0v) is 12.2. The molecule has 20 heavy (non-hydrogen) atoms. The largest absolute Gasteiger partial charge is 0.486 e. The SMILES string of the molecule is CN1CCN(S(=O)(=O)c2ccc3c(c2)OCCO3)CC1. The Balaban J connectivity index is 1.87. The molecule has 1 aromatic rings. The topological polar surface area (TPSA) is 59.1 Å². The number of likely N-dealkylation sites (N-methyl/N-ethyl adjacent to an activating group) is 1. The number of benzene rings is 1. The fourth-order valence-electron chi connectivity index (χ4n) is 2.36. The van der Waals surface area contributed by atoms with Crippen molar-refractivity contribution in [3.8, 4) is 11.5 Å². The normalized spacial score (nSPS) is 20.9. The van der Waals surface area contributed by atoms with Crippen LogP contribution in [0.4, 0.5) is 0 Å². The summed E-state index contributed by atoms with van der Waals surface area (Å²) >= 11 is 0. The maximum absolute atomic E-state index is 12.6. The quantitative estimate of drug-likeness (QED) is 0.791. The minimum absolute atomic E-state index is 0.270. The maximum atomic E-state index is 12.6. The predicted molar refractivity (Wildman–Crippen MR) is 73.7 cm³/mol. The van der Waals surface area contributed by atoms with Gasteiger partial charge in [-0.05, 0) is 19.2 Å². The molecule has 0 spiro atoms. The number of nitrogens with zero attached hydrogens (tertiary/aromatic N) is 2. The Morgan fingerprint density at radius 2 is 1.65 bits per heavy atom. The van der Waals surface area contributed by atoms with Crippen molar-refractivity contribution < 1.29 is 17.9 Å². The maximum Gasteiger partial charge on any atom is 0.243 e. The summed E-state index contributed by atoms with van der Waals surface area (Å²) in [5, 5.41) is 0. The number of fused-ring (bicyclic) bond motifs is 1. The van der Waals surface area contributed by atoms with Gasteiger partial charge in [-0.1, -0.05) is 0 Å². The summed E-state index contributed by atoms with van der Waals surface area (Å²) < 4.78 is 37.6. The van der Waals surface area contributed by atoms with E-state index in [0.717, 1.165) is 13.1 Å². The van der Waals surface area contributed by atoms with Crippen molar-refractivity contribution in [3.63, 3.8) is 0 Å². The summed E-state index contributed by atoms with van der Waals surface area (Å²) in [7, 11) is -1.45. The summed E-state index contributed by atoms with van der Waals surface area (Å²) in [6, 6.07) is 4.81. The molecule has 7 heteroatoms. The van der Waals surface area contributed by atoms with Crippen LogP contribution in [0.15, 0.2) is 23.1 Å². The van der Waals surface area contributed by atoms with Gasteiger partial charge in [0.15, 0.2) is 11.5 Å². The minimum Gasteiger partial charge on any atom is -0.486 e. The van der Waals surface area contributed by atoms with Crippen LogP contribution >= 0.6 is 0 Å². The van der Waals surface area contributed by atoms with Gasteiger partial charge in [0, 0.05) is 32.2 Å². The summed E-state index contributed by atoms with van der Waals surface area (Å²) in [6.07, 6.45) is 0. The summed E-state index contributed by atoms with van der Waals surface area (Å²) in [4.78, 5) is 2.39. The van der Waals surface area contributed by atoms with Crippen molar-refractivity contribution >= 4 is 10.0 Å². The average Bonchev–Trinajstić information content (AvgIpc) is 2.47. The molecule has 0 amide bonds. The van der Waals surface area contributed by atoms with Gasteiger partial charge in [-0.3, -0.25) is 0 Å². The first-order valence-electron chi connectivity index (χ1n) is 6.66. The van der Waals surface area contributed by atoms with Crippen molar-refractivity contribution in [2.75, 3.05) is 46.4 Å². The van der Waals surface area contributed by atoms with E-state index in [9.17, 15) is 8.42 Å². The Hall–Kier alpha value is -1.31. The molecular formula is C13H18N2O4S. The fraction of sp³-hybridized carbons (Fsp3) is 0.538. The van der Waals surface area contributed by atoms with E-state index in [-0.39, 0.29) is 4.90 Å². The van der Waals surface area contributed by atoms with E-state index in [0.29, 0.717) is 37.8 Å². The third-order valence-electron chi connectivity index (χ3n) is 3.61. The van der Waals surface area contributed by atoms with Crippen LogP contribution in [0.25, 0.3) is 0 Å². The van der Waals surface area contributed by atoms with Crippen LogP contribution in [0.3, 0.4) is 0 Å². The monoisotopic (exact) mass is 298 g/mol. The second kappa shape index (κ2) is 5.23. The molecule has 1 fully saturated rings. The van der Waals surface area contributed by atoms with Gasteiger partial charge in [0.25, 0.3) is 0 Å². The summed E-state index contributed by atoms with van der Waals surface area (Å²) in [6.45, 7) is 3.50. The van der Waals surface area contributed by atoms with E-state index in [2.05, 4.69) is 4.90 Å². The third kappa shape index (κ3) is 2.48. The predicted octanol–water partition coefficient (Wildman–Crippen LogP) is 0.394. The first-order chi connectivity index (χ1) is 9.57. The highest BCUT2D eigenvalue weighted by Crippen LogP contribution is 2.33. The van der Waals surface area contributed by atoms with Crippen molar-refractivity contribution in [1.82, 2.24) is 9.21 Å². The highest BCUT2D eigenvalue weighted by Gasteiger charge is 2.28. The minimum atomic E-state index is -3.45. The lowest BCUT2D eigenvalue weighted by Gasteiger charge is -2.31. The lowest BCUT2D eigenvalue weighted by atomic mass is 10.3. The Bertz CT molecular complexity index is 594. The van der Waals surface area contributed by atoms with E-state index < -0.39 is 10.0 Å². The summed E-state index contributed by atoms with van der Waals surface area (Å²) in [5.74, 6) is 1.11. The van der Waals surface area contributed by atoms with E-state index in [1.54, 1.807) is 18.2 Å². The zero-order valence-electron chi connectivity index (χ0n) is 11.4. The van der Waals surface area contributed by atoms with Crippen molar-refractivity contribution in [2.45, 2.75) is 4.90 Å². The van der Waals surface area contributed by atoms with Crippen LogP contribution in [0.5, 0.6) is 11.5 Å². The molecule has 1 aromatic carbocycles. The Kier molecular flexibility index (Phi) is 3.57. The van der Waals surface area contributed by atoms with Gasteiger partial charge in [-0.15, -0.1) is 0 Å². The van der Waals surface area contributed by atoms with Crippen LogP contribution in [-0.2, 0) is 10.0 Å². The fourth-order valence-corrected chi connectivity index (χ4v) is 3.80. The smallest absolute Gasteiger partial charge is 0.243 e. The molecule has 1 saturated heterocycles. The molecule has 0 saturated carbocycles. The molecular weight excluding hydrogens is 280 g/mol. The number of hydrogen-bond donors (Lipinski definition) is 0. The molecule has 2 aliphatic rings. The van der Waals surface area contributed by atoms with Crippen LogP contribution in [0.1, 0.15) is 0 Å².